The fraction of sp³-hybridized carbons (Fsp3) is 0.444. The van der Waals surface area contributed by atoms with Gasteiger partial charge in [0.15, 0.2) is 0 Å². The van der Waals surface area contributed by atoms with Gasteiger partial charge in [0.05, 0.1) is 24.0 Å². The SMILES string of the molecule is Cl.NCC(F)(F)CNC(=O)CNS(=O)(=O)c1ccc(Cl)s1. The van der Waals surface area contributed by atoms with Gasteiger partial charge >= 0.3 is 0 Å². The minimum absolute atomic E-state index is 0. The molecule has 1 amide bonds. The van der Waals surface area contributed by atoms with Crippen LogP contribution in [0.1, 0.15) is 0 Å². The molecular weight excluding hydrogens is 371 g/mol. The van der Waals surface area contributed by atoms with E-state index in [4.69, 9.17) is 17.3 Å². The molecule has 1 aromatic rings. The van der Waals surface area contributed by atoms with Crippen molar-refractivity contribution in [2.24, 2.45) is 5.73 Å². The number of sulfonamides is 1. The van der Waals surface area contributed by atoms with Crippen LogP contribution < -0.4 is 15.8 Å². The molecular formula is C9H13Cl2F2N3O3S2. The summed E-state index contributed by atoms with van der Waals surface area (Å²) in [6.07, 6.45) is 0. The number of carbonyl (C=O) groups is 1. The summed E-state index contributed by atoms with van der Waals surface area (Å²) in [6, 6.07) is 2.67. The van der Waals surface area contributed by atoms with Gasteiger partial charge in [0.25, 0.3) is 15.9 Å². The monoisotopic (exact) mass is 383 g/mol. The van der Waals surface area contributed by atoms with E-state index in [1.807, 2.05) is 10.0 Å². The normalized spacial score (nSPS) is 11.8. The lowest BCUT2D eigenvalue weighted by atomic mass is 10.3. The lowest BCUT2D eigenvalue weighted by molar-refractivity contribution is -0.121. The van der Waals surface area contributed by atoms with Crippen LogP contribution in [-0.4, -0.2) is 39.9 Å². The van der Waals surface area contributed by atoms with Crippen molar-refractivity contribution in [2.45, 2.75) is 10.1 Å². The fourth-order valence-electron chi connectivity index (χ4n) is 1.04. The van der Waals surface area contributed by atoms with E-state index in [0.29, 0.717) is 0 Å². The van der Waals surface area contributed by atoms with Gasteiger partial charge in [-0.05, 0) is 12.1 Å². The Morgan fingerprint density at radius 2 is 2.05 bits per heavy atom. The number of amides is 1. The highest BCUT2D eigenvalue weighted by molar-refractivity contribution is 7.91. The van der Waals surface area contributed by atoms with Gasteiger partial charge in [-0.25, -0.2) is 21.9 Å². The van der Waals surface area contributed by atoms with Crippen molar-refractivity contribution < 1.29 is 22.0 Å². The average Bonchev–Trinajstić information content (AvgIpc) is 2.82. The molecule has 21 heavy (non-hydrogen) atoms. The Morgan fingerprint density at radius 3 is 2.52 bits per heavy atom. The maximum atomic E-state index is 12.8. The van der Waals surface area contributed by atoms with E-state index >= 15 is 0 Å². The summed E-state index contributed by atoms with van der Waals surface area (Å²) < 4.78 is 51.1. The first kappa shape index (κ1) is 20.5. The second-order valence-corrected chi connectivity index (χ2v) is 7.43. The molecule has 0 aliphatic carbocycles. The fourth-order valence-corrected chi connectivity index (χ4v) is 3.55. The maximum absolute atomic E-state index is 12.8. The van der Waals surface area contributed by atoms with Crippen LogP contribution in [0.25, 0.3) is 0 Å². The molecule has 0 radical (unpaired) electrons. The zero-order valence-electron chi connectivity index (χ0n) is 10.4. The van der Waals surface area contributed by atoms with E-state index in [1.54, 1.807) is 0 Å². The highest BCUT2D eigenvalue weighted by atomic mass is 35.5. The number of carbonyl (C=O) groups excluding carboxylic acids is 1. The second-order valence-electron chi connectivity index (χ2n) is 3.72. The molecule has 1 heterocycles. The van der Waals surface area contributed by atoms with Gasteiger partial charge < -0.3 is 11.1 Å². The third-order valence-corrected chi connectivity index (χ3v) is 5.20. The lowest BCUT2D eigenvalue weighted by Gasteiger charge is -2.14. The Bertz CT molecular complexity index is 581. The summed E-state index contributed by atoms with van der Waals surface area (Å²) in [7, 11) is -3.88. The topological polar surface area (TPSA) is 101 Å². The number of nitrogens with one attached hydrogen (secondary N) is 2. The summed E-state index contributed by atoms with van der Waals surface area (Å²) in [5.74, 6) is -4.11. The summed E-state index contributed by atoms with van der Waals surface area (Å²) in [6.45, 7) is -2.51. The Labute approximate surface area is 135 Å². The largest absolute Gasteiger partial charge is 0.349 e. The van der Waals surface area contributed by atoms with Crippen molar-refractivity contribution in [3.8, 4) is 0 Å². The molecule has 0 aromatic carbocycles. The molecule has 0 saturated heterocycles. The van der Waals surface area contributed by atoms with Crippen molar-refractivity contribution >= 4 is 51.3 Å². The van der Waals surface area contributed by atoms with Crippen LogP contribution in [0.15, 0.2) is 16.3 Å². The van der Waals surface area contributed by atoms with Crippen LogP contribution in [0.2, 0.25) is 4.34 Å². The minimum atomic E-state index is -3.88. The third-order valence-electron chi connectivity index (χ3n) is 2.08. The van der Waals surface area contributed by atoms with Gasteiger partial charge in [0, 0.05) is 0 Å². The summed E-state index contributed by atoms with van der Waals surface area (Å²) in [5, 5.41) is 1.88. The first-order valence-electron chi connectivity index (χ1n) is 5.26. The quantitative estimate of drug-likeness (QED) is 0.648. The van der Waals surface area contributed by atoms with E-state index in [0.717, 1.165) is 11.3 Å². The van der Waals surface area contributed by atoms with Gasteiger partial charge in [0.1, 0.15) is 4.21 Å². The summed E-state index contributed by atoms with van der Waals surface area (Å²) in [4.78, 5) is 11.3. The average molecular weight is 384 g/mol. The Hall–Kier alpha value is -0.520. The number of thiophene rings is 1. The molecule has 1 aromatic heterocycles. The van der Waals surface area contributed by atoms with Gasteiger partial charge in [-0.3, -0.25) is 4.79 Å². The standard InChI is InChI=1S/C9H12ClF2N3O3S2.ClH/c10-6-1-2-8(19-6)20(17,18)15-3-7(16)14-5-9(11,12)4-13;/h1-2,15H,3-5,13H2,(H,14,16);1H. The predicted octanol–water partition coefficient (Wildman–Crippen LogP) is 0.812. The Kier molecular flexibility index (Phi) is 8.00. The van der Waals surface area contributed by atoms with Crippen molar-refractivity contribution in [1.29, 1.82) is 0 Å². The molecule has 0 unspecified atom stereocenters. The van der Waals surface area contributed by atoms with Crippen LogP contribution in [0.4, 0.5) is 8.78 Å². The molecule has 122 valence electrons. The first-order chi connectivity index (χ1) is 9.16. The predicted molar refractivity (Wildman–Crippen MR) is 78.8 cm³/mol. The lowest BCUT2D eigenvalue weighted by Crippen LogP contribution is -2.44. The molecule has 0 saturated carbocycles. The van der Waals surface area contributed by atoms with Crippen molar-refractivity contribution in [1.82, 2.24) is 10.0 Å². The summed E-state index contributed by atoms with van der Waals surface area (Å²) >= 11 is 6.41. The van der Waals surface area contributed by atoms with Crippen molar-refractivity contribution in [3.05, 3.63) is 16.5 Å². The number of hydrogen-bond donors (Lipinski definition) is 3. The van der Waals surface area contributed by atoms with Crippen LogP contribution in [0.5, 0.6) is 0 Å². The number of rotatable bonds is 7. The number of nitrogens with two attached hydrogens (primary N) is 1. The van der Waals surface area contributed by atoms with E-state index in [-0.39, 0.29) is 21.0 Å². The maximum Gasteiger partial charge on any atom is 0.277 e. The van der Waals surface area contributed by atoms with E-state index in [2.05, 4.69) is 0 Å². The van der Waals surface area contributed by atoms with E-state index in [1.165, 1.54) is 12.1 Å². The Morgan fingerprint density at radius 1 is 1.43 bits per heavy atom. The van der Waals surface area contributed by atoms with E-state index in [9.17, 15) is 22.0 Å². The van der Waals surface area contributed by atoms with Crippen LogP contribution >= 0.6 is 35.3 Å². The zero-order valence-corrected chi connectivity index (χ0v) is 13.6. The second kappa shape index (κ2) is 8.20. The minimum Gasteiger partial charge on any atom is -0.349 e. The number of hydrogen-bond acceptors (Lipinski definition) is 5. The zero-order chi connectivity index (χ0) is 15.4. The first-order valence-corrected chi connectivity index (χ1v) is 7.94. The molecule has 1 rings (SSSR count). The van der Waals surface area contributed by atoms with Crippen molar-refractivity contribution in [2.75, 3.05) is 19.6 Å². The van der Waals surface area contributed by atoms with E-state index < -0.39 is 41.5 Å². The molecule has 0 bridgehead atoms. The molecule has 12 heteroatoms. The summed E-state index contributed by atoms with van der Waals surface area (Å²) in [5.41, 5.74) is 4.79. The molecule has 0 fully saturated rings. The number of alkyl halides is 2. The smallest absolute Gasteiger partial charge is 0.277 e. The van der Waals surface area contributed by atoms with Gasteiger partial charge in [-0.15, -0.1) is 23.7 Å². The molecule has 0 atom stereocenters. The van der Waals surface area contributed by atoms with Crippen LogP contribution in [-0.2, 0) is 14.8 Å². The molecule has 0 aliphatic rings. The Balaban J connectivity index is 0.00000400. The van der Waals surface area contributed by atoms with Gasteiger partial charge in [0.2, 0.25) is 5.91 Å². The molecule has 0 spiro atoms. The molecule has 4 N–H and O–H groups in total. The van der Waals surface area contributed by atoms with Gasteiger partial charge in [-0.2, -0.15) is 0 Å². The van der Waals surface area contributed by atoms with Crippen LogP contribution in [0.3, 0.4) is 0 Å². The molecule has 6 nitrogen and oxygen atoms in total. The van der Waals surface area contributed by atoms with Crippen molar-refractivity contribution in [3.63, 3.8) is 0 Å². The van der Waals surface area contributed by atoms with Crippen LogP contribution in [0, 0.1) is 0 Å². The third kappa shape index (κ3) is 6.85. The number of halogens is 4. The highest BCUT2D eigenvalue weighted by Gasteiger charge is 2.27. The van der Waals surface area contributed by atoms with Gasteiger partial charge in [-0.1, -0.05) is 11.6 Å². The highest BCUT2D eigenvalue weighted by Crippen LogP contribution is 2.25. The molecule has 0 aliphatic heterocycles.